The molecule has 0 heterocycles. The Morgan fingerprint density at radius 3 is 1.10 bits per heavy atom. The van der Waals surface area contributed by atoms with Crippen molar-refractivity contribution in [3.05, 3.63) is 169 Å². The van der Waals surface area contributed by atoms with Gasteiger partial charge in [0.15, 0.2) is 0 Å². The van der Waals surface area contributed by atoms with Crippen LogP contribution in [0.4, 0.5) is 34.1 Å². The van der Waals surface area contributed by atoms with E-state index in [9.17, 15) is 5.26 Å². The topological polar surface area (TPSA) is 30.3 Å². The molecular formula is C37H27N3. The van der Waals surface area contributed by atoms with Crippen LogP contribution in [0.25, 0.3) is 11.1 Å². The van der Waals surface area contributed by atoms with Crippen LogP contribution in [0, 0.1) is 11.3 Å². The maximum Gasteiger partial charge on any atom is 0.0998 e. The quantitative estimate of drug-likeness (QED) is 0.213. The van der Waals surface area contributed by atoms with E-state index in [1.165, 1.54) is 0 Å². The van der Waals surface area contributed by atoms with E-state index in [-0.39, 0.29) is 0 Å². The minimum absolute atomic E-state index is 0.641. The first-order chi connectivity index (χ1) is 19.8. The molecule has 40 heavy (non-hydrogen) atoms. The molecule has 0 aliphatic carbocycles. The SMILES string of the molecule is N#Cc1ccccc1-c1cc(N(c2ccccc2)c2ccccc2)cc(N(c2ccccc2)c2ccccc2)c1. The summed E-state index contributed by atoms with van der Waals surface area (Å²) in [4.78, 5) is 4.52. The molecule has 0 aliphatic heterocycles. The summed E-state index contributed by atoms with van der Waals surface area (Å²) in [6, 6.07) is 58.3. The fraction of sp³-hybridized carbons (Fsp3) is 0. The van der Waals surface area contributed by atoms with Crippen molar-refractivity contribution in [1.82, 2.24) is 0 Å². The Morgan fingerprint density at radius 1 is 0.375 bits per heavy atom. The molecule has 190 valence electrons. The molecule has 0 unspecified atom stereocenters. The van der Waals surface area contributed by atoms with Crippen molar-refractivity contribution in [2.24, 2.45) is 0 Å². The molecule has 0 radical (unpaired) electrons. The van der Waals surface area contributed by atoms with Crippen LogP contribution in [-0.2, 0) is 0 Å². The second-order valence-corrected chi connectivity index (χ2v) is 9.41. The number of anilines is 6. The third-order valence-corrected chi connectivity index (χ3v) is 6.84. The molecule has 0 bridgehead atoms. The predicted octanol–water partition coefficient (Wildman–Crippen LogP) is 10.2. The highest BCUT2D eigenvalue weighted by molar-refractivity contribution is 5.88. The van der Waals surface area contributed by atoms with Gasteiger partial charge in [-0.1, -0.05) is 91.0 Å². The lowest BCUT2D eigenvalue weighted by Crippen LogP contribution is -2.13. The fourth-order valence-corrected chi connectivity index (χ4v) is 5.04. The average molecular weight is 514 g/mol. The Hall–Kier alpha value is -5.59. The zero-order valence-corrected chi connectivity index (χ0v) is 21.9. The van der Waals surface area contributed by atoms with Crippen molar-refractivity contribution in [2.75, 3.05) is 9.80 Å². The number of nitrogens with zero attached hydrogens (tertiary/aromatic N) is 3. The minimum atomic E-state index is 0.641. The van der Waals surface area contributed by atoms with Crippen molar-refractivity contribution >= 4 is 34.1 Å². The van der Waals surface area contributed by atoms with Gasteiger partial charge in [0.25, 0.3) is 0 Å². The Balaban J connectivity index is 1.64. The van der Waals surface area contributed by atoms with Crippen LogP contribution in [0.5, 0.6) is 0 Å². The van der Waals surface area contributed by atoms with Crippen LogP contribution in [0.1, 0.15) is 5.56 Å². The monoisotopic (exact) mass is 513 g/mol. The average Bonchev–Trinajstić information content (AvgIpc) is 3.03. The second-order valence-electron chi connectivity index (χ2n) is 9.41. The van der Waals surface area contributed by atoms with Crippen molar-refractivity contribution in [1.29, 1.82) is 5.26 Å². The molecule has 0 amide bonds. The third-order valence-electron chi connectivity index (χ3n) is 6.84. The minimum Gasteiger partial charge on any atom is -0.310 e. The Kier molecular flexibility index (Phi) is 7.07. The fourth-order valence-electron chi connectivity index (χ4n) is 5.04. The van der Waals surface area contributed by atoms with Gasteiger partial charge < -0.3 is 9.80 Å². The van der Waals surface area contributed by atoms with E-state index < -0.39 is 0 Å². The molecule has 6 rings (SSSR count). The molecule has 0 aliphatic rings. The van der Waals surface area contributed by atoms with Crippen LogP contribution in [0.2, 0.25) is 0 Å². The van der Waals surface area contributed by atoms with Crippen LogP contribution in [-0.4, -0.2) is 0 Å². The van der Waals surface area contributed by atoms with Gasteiger partial charge in [-0.2, -0.15) is 5.26 Å². The summed E-state index contributed by atoms with van der Waals surface area (Å²) < 4.78 is 0. The van der Waals surface area contributed by atoms with Gasteiger partial charge in [0.05, 0.1) is 11.6 Å². The van der Waals surface area contributed by atoms with E-state index >= 15 is 0 Å². The summed E-state index contributed by atoms with van der Waals surface area (Å²) in [5, 5.41) is 9.98. The van der Waals surface area contributed by atoms with Gasteiger partial charge in [-0.3, -0.25) is 0 Å². The molecule has 0 spiro atoms. The lowest BCUT2D eigenvalue weighted by Gasteiger charge is -2.30. The molecule has 0 aromatic heterocycles. The van der Waals surface area contributed by atoms with E-state index in [1.807, 2.05) is 48.5 Å². The van der Waals surface area contributed by atoms with Gasteiger partial charge in [0.2, 0.25) is 0 Å². The highest BCUT2D eigenvalue weighted by Gasteiger charge is 2.19. The number of hydrogen-bond acceptors (Lipinski definition) is 3. The summed E-state index contributed by atoms with van der Waals surface area (Å²) in [5.41, 5.74) is 8.71. The maximum atomic E-state index is 9.98. The zero-order chi connectivity index (χ0) is 27.1. The Bertz CT molecular complexity index is 1560. The third kappa shape index (κ3) is 5.07. The van der Waals surface area contributed by atoms with Gasteiger partial charge in [-0.25, -0.2) is 0 Å². The predicted molar refractivity (Wildman–Crippen MR) is 166 cm³/mol. The van der Waals surface area contributed by atoms with Gasteiger partial charge in [-0.15, -0.1) is 0 Å². The first-order valence-electron chi connectivity index (χ1n) is 13.3. The maximum absolute atomic E-state index is 9.98. The molecule has 0 N–H and O–H groups in total. The number of benzene rings is 6. The van der Waals surface area contributed by atoms with E-state index in [0.29, 0.717) is 5.56 Å². The summed E-state index contributed by atoms with van der Waals surface area (Å²) in [6.45, 7) is 0. The second kappa shape index (κ2) is 11.4. The van der Waals surface area contributed by atoms with E-state index in [2.05, 4.69) is 131 Å². The highest BCUT2D eigenvalue weighted by atomic mass is 15.2. The standard InChI is InChI=1S/C37H27N3/c38-28-29-15-13-14-24-37(29)30-25-35(39(31-16-5-1-6-17-31)32-18-7-2-8-19-32)27-36(26-30)40(33-20-9-3-10-21-33)34-22-11-4-12-23-34/h1-27H. The first-order valence-corrected chi connectivity index (χ1v) is 13.3. The lowest BCUT2D eigenvalue weighted by molar-refractivity contribution is 1.25. The molecule has 6 aromatic carbocycles. The Morgan fingerprint density at radius 2 is 0.725 bits per heavy atom. The first kappa shape index (κ1) is 24.7. The van der Waals surface area contributed by atoms with Crippen molar-refractivity contribution in [3.8, 4) is 17.2 Å². The molecule has 0 saturated carbocycles. The number of para-hydroxylation sites is 4. The number of nitriles is 1. The largest absolute Gasteiger partial charge is 0.310 e. The highest BCUT2D eigenvalue weighted by Crippen LogP contribution is 2.43. The van der Waals surface area contributed by atoms with Gasteiger partial charge in [0, 0.05) is 34.1 Å². The zero-order valence-electron chi connectivity index (χ0n) is 21.9. The van der Waals surface area contributed by atoms with E-state index in [1.54, 1.807) is 0 Å². The Labute approximate surface area is 235 Å². The molecular weight excluding hydrogens is 486 g/mol. The molecule has 6 aromatic rings. The van der Waals surface area contributed by atoms with Gasteiger partial charge in [0.1, 0.15) is 0 Å². The summed E-state index contributed by atoms with van der Waals surface area (Å²) in [5.74, 6) is 0. The summed E-state index contributed by atoms with van der Waals surface area (Å²) >= 11 is 0. The van der Waals surface area contributed by atoms with E-state index in [0.717, 1.165) is 45.3 Å². The van der Waals surface area contributed by atoms with Crippen LogP contribution in [0.15, 0.2) is 164 Å². The van der Waals surface area contributed by atoms with Gasteiger partial charge >= 0.3 is 0 Å². The summed E-state index contributed by atoms with van der Waals surface area (Å²) in [7, 11) is 0. The lowest BCUT2D eigenvalue weighted by atomic mass is 9.98. The molecule has 0 fully saturated rings. The number of rotatable bonds is 7. The normalized spacial score (nSPS) is 10.5. The molecule has 3 nitrogen and oxygen atoms in total. The smallest absolute Gasteiger partial charge is 0.0998 e. The molecule has 0 atom stereocenters. The van der Waals surface area contributed by atoms with Crippen molar-refractivity contribution in [2.45, 2.75) is 0 Å². The van der Waals surface area contributed by atoms with Crippen LogP contribution < -0.4 is 9.80 Å². The number of hydrogen-bond donors (Lipinski definition) is 0. The van der Waals surface area contributed by atoms with Crippen molar-refractivity contribution in [3.63, 3.8) is 0 Å². The summed E-state index contributed by atoms with van der Waals surface area (Å²) in [6.07, 6.45) is 0. The van der Waals surface area contributed by atoms with E-state index in [4.69, 9.17) is 0 Å². The van der Waals surface area contributed by atoms with Crippen LogP contribution in [0.3, 0.4) is 0 Å². The van der Waals surface area contributed by atoms with Crippen molar-refractivity contribution < 1.29 is 0 Å². The molecule has 0 saturated heterocycles. The molecule has 3 heteroatoms. The van der Waals surface area contributed by atoms with Crippen LogP contribution >= 0.6 is 0 Å². The van der Waals surface area contributed by atoms with Gasteiger partial charge in [-0.05, 0) is 83.9 Å².